The minimum Gasteiger partial charge on any atom is -0.396 e. The Morgan fingerprint density at radius 1 is 1.26 bits per heavy atom. The van der Waals surface area contributed by atoms with Crippen LogP contribution in [-0.4, -0.2) is 11.9 Å². The maximum atomic E-state index is 13.7. The van der Waals surface area contributed by atoms with Gasteiger partial charge in [-0.05, 0) is 43.7 Å². The van der Waals surface area contributed by atoms with Crippen molar-refractivity contribution in [2.45, 2.75) is 38.6 Å². The first kappa shape index (κ1) is 13.8. The molecule has 0 saturated heterocycles. The number of nitrogens with two attached hydrogens (primary N) is 1. The van der Waals surface area contributed by atoms with Crippen LogP contribution in [0.15, 0.2) is 12.1 Å². The number of nitrogen functional groups attached to an aromatic ring is 1. The molecule has 0 unspecified atom stereocenters. The van der Waals surface area contributed by atoms with Crippen LogP contribution in [0.3, 0.4) is 0 Å². The molecule has 1 aliphatic carbocycles. The zero-order valence-electron chi connectivity index (χ0n) is 10.9. The Bertz CT molecular complexity index is 483. The molecule has 0 aliphatic heterocycles. The molecule has 0 bridgehead atoms. The van der Waals surface area contributed by atoms with Gasteiger partial charge in [0.1, 0.15) is 11.4 Å². The summed E-state index contributed by atoms with van der Waals surface area (Å²) in [5, 5.41) is 2.69. The quantitative estimate of drug-likeness (QED) is 0.810. The third kappa shape index (κ3) is 3.03. The Labute approximate surface area is 111 Å². The Kier molecular flexibility index (Phi) is 4.02. The number of rotatable bonds is 2. The number of hydrogen-bond acceptors (Lipinski definition) is 2. The van der Waals surface area contributed by atoms with Crippen molar-refractivity contribution in [2.24, 2.45) is 5.92 Å². The lowest BCUT2D eigenvalue weighted by Crippen LogP contribution is -2.38. The molecule has 1 fully saturated rings. The van der Waals surface area contributed by atoms with Crippen LogP contribution < -0.4 is 11.1 Å². The molecule has 1 amide bonds. The molecule has 0 aromatic heterocycles. The van der Waals surface area contributed by atoms with Crippen LogP contribution in [0.2, 0.25) is 0 Å². The number of anilines is 1. The first-order valence-corrected chi connectivity index (χ1v) is 6.53. The molecule has 0 heterocycles. The fraction of sp³-hybridized carbons (Fsp3) is 0.500. The summed E-state index contributed by atoms with van der Waals surface area (Å²) in [4.78, 5) is 11.9. The summed E-state index contributed by atoms with van der Waals surface area (Å²) in [6.45, 7) is 2.16. The molecule has 19 heavy (non-hydrogen) atoms. The predicted molar refractivity (Wildman–Crippen MR) is 69.7 cm³/mol. The first-order chi connectivity index (χ1) is 8.99. The zero-order chi connectivity index (χ0) is 14.0. The van der Waals surface area contributed by atoms with Crippen LogP contribution in [0.4, 0.5) is 14.5 Å². The Morgan fingerprint density at radius 3 is 2.53 bits per heavy atom. The lowest BCUT2D eigenvalue weighted by atomic mass is 9.87. The van der Waals surface area contributed by atoms with E-state index in [0.29, 0.717) is 5.92 Å². The van der Waals surface area contributed by atoms with Gasteiger partial charge in [0.05, 0.1) is 5.69 Å². The molecule has 0 radical (unpaired) electrons. The van der Waals surface area contributed by atoms with Crippen LogP contribution in [-0.2, 0) is 0 Å². The lowest BCUT2D eigenvalue weighted by Gasteiger charge is -2.27. The third-order valence-electron chi connectivity index (χ3n) is 3.70. The molecule has 5 heteroatoms. The lowest BCUT2D eigenvalue weighted by molar-refractivity contribution is 0.0914. The van der Waals surface area contributed by atoms with Gasteiger partial charge >= 0.3 is 0 Å². The smallest absolute Gasteiger partial charge is 0.257 e. The number of halogens is 2. The zero-order valence-corrected chi connectivity index (χ0v) is 10.9. The average Bonchev–Trinajstić information content (AvgIpc) is 2.37. The normalized spacial score (nSPS) is 23.1. The summed E-state index contributed by atoms with van der Waals surface area (Å²) >= 11 is 0. The monoisotopic (exact) mass is 268 g/mol. The molecule has 3 N–H and O–H groups in total. The van der Waals surface area contributed by atoms with Crippen LogP contribution >= 0.6 is 0 Å². The number of benzene rings is 1. The van der Waals surface area contributed by atoms with E-state index < -0.39 is 23.1 Å². The number of nitrogens with one attached hydrogen (secondary N) is 1. The summed E-state index contributed by atoms with van der Waals surface area (Å²) in [6, 6.07) is 2.11. The maximum Gasteiger partial charge on any atom is 0.257 e. The molecule has 3 nitrogen and oxygen atoms in total. The van der Waals surface area contributed by atoms with Crippen molar-refractivity contribution in [2.75, 3.05) is 5.73 Å². The van der Waals surface area contributed by atoms with E-state index >= 15 is 0 Å². The van der Waals surface area contributed by atoms with Crippen LogP contribution in [0.5, 0.6) is 0 Å². The highest BCUT2D eigenvalue weighted by atomic mass is 19.1. The van der Waals surface area contributed by atoms with E-state index in [1.165, 1.54) is 0 Å². The van der Waals surface area contributed by atoms with Gasteiger partial charge in [-0.15, -0.1) is 0 Å². The molecule has 2 rings (SSSR count). The summed E-state index contributed by atoms with van der Waals surface area (Å²) in [5.74, 6) is -1.94. The number of carbonyl (C=O) groups is 1. The van der Waals surface area contributed by atoms with Crippen molar-refractivity contribution in [1.82, 2.24) is 5.32 Å². The van der Waals surface area contributed by atoms with Crippen molar-refractivity contribution in [1.29, 1.82) is 0 Å². The summed E-state index contributed by atoms with van der Waals surface area (Å²) in [7, 11) is 0. The molecular formula is C14H18F2N2O. The molecule has 104 valence electrons. The van der Waals surface area contributed by atoms with Crippen LogP contribution in [0.1, 0.15) is 43.0 Å². The van der Waals surface area contributed by atoms with Crippen molar-refractivity contribution in [3.05, 3.63) is 29.3 Å². The van der Waals surface area contributed by atoms with E-state index in [4.69, 9.17) is 5.73 Å². The topological polar surface area (TPSA) is 55.1 Å². The van der Waals surface area contributed by atoms with Gasteiger partial charge in [-0.25, -0.2) is 8.78 Å². The van der Waals surface area contributed by atoms with Gasteiger partial charge in [-0.2, -0.15) is 0 Å². The Balaban J connectivity index is 2.10. The van der Waals surface area contributed by atoms with E-state index in [0.717, 1.165) is 37.8 Å². The summed E-state index contributed by atoms with van der Waals surface area (Å²) in [6.07, 6.45) is 3.73. The van der Waals surface area contributed by atoms with E-state index in [1.54, 1.807) is 0 Å². The minimum atomic E-state index is -0.985. The minimum absolute atomic E-state index is 0.0102. The van der Waals surface area contributed by atoms with Gasteiger partial charge in [0.2, 0.25) is 0 Å². The van der Waals surface area contributed by atoms with Gasteiger partial charge in [0.15, 0.2) is 5.82 Å². The van der Waals surface area contributed by atoms with Crippen molar-refractivity contribution < 1.29 is 13.6 Å². The second kappa shape index (κ2) is 5.55. The largest absolute Gasteiger partial charge is 0.396 e. The first-order valence-electron chi connectivity index (χ1n) is 6.53. The van der Waals surface area contributed by atoms with Gasteiger partial charge < -0.3 is 11.1 Å². The maximum absolute atomic E-state index is 13.7. The van der Waals surface area contributed by atoms with Gasteiger partial charge in [-0.1, -0.05) is 6.92 Å². The standard InChI is InChI=1S/C14H18F2N2O/c1-8-2-4-9(5-3-8)18-14(19)12-10(15)6-7-11(17)13(12)16/h6-9H,2-5,17H2,1H3,(H,18,19). The molecule has 0 spiro atoms. The average molecular weight is 268 g/mol. The highest BCUT2D eigenvalue weighted by Gasteiger charge is 2.24. The van der Waals surface area contributed by atoms with E-state index in [1.807, 2.05) is 0 Å². The van der Waals surface area contributed by atoms with E-state index in [9.17, 15) is 13.6 Å². The number of carbonyl (C=O) groups excluding carboxylic acids is 1. The number of hydrogen-bond donors (Lipinski definition) is 2. The fourth-order valence-corrected chi connectivity index (χ4v) is 2.44. The molecule has 1 aromatic rings. The van der Waals surface area contributed by atoms with Crippen molar-refractivity contribution in [3.63, 3.8) is 0 Å². The summed E-state index contributed by atoms with van der Waals surface area (Å²) < 4.78 is 27.2. The fourth-order valence-electron chi connectivity index (χ4n) is 2.44. The second-order valence-corrected chi connectivity index (χ2v) is 5.26. The predicted octanol–water partition coefficient (Wildman–Crippen LogP) is 2.86. The Morgan fingerprint density at radius 2 is 1.89 bits per heavy atom. The van der Waals surface area contributed by atoms with Crippen molar-refractivity contribution >= 4 is 11.6 Å². The summed E-state index contributed by atoms with van der Waals surface area (Å²) in [5.41, 5.74) is 4.55. The van der Waals surface area contributed by atoms with Crippen LogP contribution in [0.25, 0.3) is 0 Å². The van der Waals surface area contributed by atoms with Gasteiger partial charge in [0, 0.05) is 6.04 Å². The Hall–Kier alpha value is -1.65. The number of amides is 1. The van der Waals surface area contributed by atoms with Crippen molar-refractivity contribution in [3.8, 4) is 0 Å². The molecule has 1 aromatic carbocycles. The van der Waals surface area contributed by atoms with Gasteiger partial charge in [0.25, 0.3) is 5.91 Å². The van der Waals surface area contributed by atoms with E-state index in [2.05, 4.69) is 12.2 Å². The molecule has 1 aliphatic rings. The third-order valence-corrected chi connectivity index (χ3v) is 3.70. The highest BCUT2D eigenvalue weighted by Crippen LogP contribution is 2.24. The molecular weight excluding hydrogens is 250 g/mol. The molecule has 1 saturated carbocycles. The molecule has 0 atom stereocenters. The van der Waals surface area contributed by atoms with Crippen LogP contribution in [0, 0.1) is 17.6 Å². The van der Waals surface area contributed by atoms with Gasteiger partial charge in [-0.3, -0.25) is 4.79 Å². The SMILES string of the molecule is CC1CCC(NC(=O)c2c(F)ccc(N)c2F)CC1. The van der Waals surface area contributed by atoms with E-state index in [-0.39, 0.29) is 11.7 Å². The highest BCUT2D eigenvalue weighted by molar-refractivity contribution is 5.95. The second-order valence-electron chi connectivity index (χ2n) is 5.26.